The van der Waals surface area contributed by atoms with Gasteiger partial charge in [0.05, 0.1) is 15.9 Å². The normalized spacial score (nSPS) is 14.4. The van der Waals surface area contributed by atoms with Crippen LogP contribution in [-0.4, -0.2) is 28.6 Å². The number of rotatable bonds is 7. The molecule has 6 nitrogen and oxygen atoms in total. The highest BCUT2D eigenvalue weighted by Gasteiger charge is 2.35. The molecule has 0 aromatic heterocycles. The summed E-state index contributed by atoms with van der Waals surface area (Å²) in [4.78, 5) is 39.0. The van der Waals surface area contributed by atoms with Crippen LogP contribution in [0.2, 0.25) is 10.0 Å². The van der Waals surface area contributed by atoms with Crippen molar-refractivity contribution in [3.05, 3.63) is 96.8 Å². The minimum absolute atomic E-state index is 0.149. The second kappa shape index (κ2) is 11.5. The van der Waals surface area contributed by atoms with Gasteiger partial charge < -0.3 is 10.1 Å². The number of hydrogen-bond donors (Lipinski definition) is 1. The third kappa shape index (κ3) is 6.50. The van der Waals surface area contributed by atoms with Crippen molar-refractivity contribution in [2.75, 3.05) is 11.9 Å². The zero-order valence-corrected chi connectivity index (χ0v) is 22.8. The van der Waals surface area contributed by atoms with Crippen LogP contribution in [0.3, 0.4) is 0 Å². The summed E-state index contributed by atoms with van der Waals surface area (Å²) < 4.78 is 6.22. The highest BCUT2D eigenvalue weighted by Crippen LogP contribution is 2.35. The lowest BCUT2D eigenvalue weighted by atomic mass is 10.2. The molecule has 1 N–H and O–H groups in total. The molecule has 1 saturated heterocycles. The van der Waals surface area contributed by atoms with Crippen LogP contribution in [0.1, 0.15) is 16.7 Å². The van der Waals surface area contributed by atoms with Crippen molar-refractivity contribution < 1.29 is 19.1 Å². The number of aryl methyl sites for hydroxylation is 1. The number of hydrogen-bond acceptors (Lipinski definition) is 5. The lowest BCUT2D eigenvalue weighted by Gasteiger charge is -2.12. The standard InChI is InChI=1S/C26H19BrCl2N2O4S/c1-15-5-7-19(12-21(15)29)30-24(32)14-35-22-8-6-16(10-20(22)27)11-23-25(33)31(26(34)36-23)13-17-3-2-4-18(28)9-17/h2-12H,13-14H2,1H3,(H,30,32)/b23-11-. The van der Waals surface area contributed by atoms with Crippen LogP contribution < -0.4 is 10.1 Å². The Kier molecular flexibility index (Phi) is 8.41. The van der Waals surface area contributed by atoms with E-state index in [2.05, 4.69) is 21.2 Å². The van der Waals surface area contributed by atoms with E-state index in [1.54, 1.807) is 54.6 Å². The number of ether oxygens (including phenoxy) is 1. The Balaban J connectivity index is 1.38. The van der Waals surface area contributed by atoms with E-state index < -0.39 is 0 Å². The quantitative estimate of drug-likeness (QED) is 0.286. The van der Waals surface area contributed by atoms with E-state index in [1.165, 1.54) is 4.90 Å². The Hall–Kier alpha value is -2.78. The number of anilines is 1. The fourth-order valence-corrected chi connectivity index (χ4v) is 5.08. The van der Waals surface area contributed by atoms with E-state index >= 15 is 0 Å². The zero-order chi connectivity index (χ0) is 25.8. The van der Waals surface area contributed by atoms with Gasteiger partial charge in [-0.2, -0.15) is 0 Å². The molecule has 1 heterocycles. The van der Waals surface area contributed by atoms with Gasteiger partial charge in [-0.25, -0.2) is 0 Å². The molecule has 3 amide bonds. The number of benzene rings is 3. The zero-order valence-electron chi connectivity index (χ0n) is 18.9. The SMILES string of the molecule is Cc1ccc(NC(=O)COc2ccc(/C=C3\SC(=O)N(Cc4cccc(Cl)c4)C3=O)cc2Br)cc1Cl. The molecular weight excluding hydrogens is 587 g/mol. The number of halogens is 3. The number of imide groups is 1. The summed E-state index contributed by atoms with van der Waals surface area (Å²) in [5, 5.41) is 3.50. The van der Waals surface area contributed by atoms with E-state index in [1.807, 2.05) is 19.1 Å². The van der Waals surface area contributed by atoms with Crippen molar-refractivity contribution in [1.82, 2.24) is 4.90 Å². The first kappa shape index (κ1) is 26.3. The lowest BCUT2D eigenvalue weighted by molar-refractivity contribution is -0.123. The van der Waals surface area contributed by atoms with Gasteiger partial charge in [-0.05, 0) is 93.8 Å². The van der Waals surface area contributed by atoms with E-state index in [0.717, 1.165) is 22.9 Å². The molecular formula is C26H19BrCl2N2O4S. The predicted octanol–water partition coefficient (Wildman–Crippen LogP) is 7.32. The Morgan fingerprint density at radius 2 is 1.92 bits per heavy atom. The molecule has 0 saturated carbocycles. The minimum atomic E-state index is -0.366. The van der Waals surface area contributed by atoms with Crippen LogP contribution in [-0.2, 0) is 16.1 Å². The first-order valence-corrected chi connectivity index (χ1v) is 13.0. The first-order valence-electron chi connectivity index (χ1n) is 10.7. The number of nitrogens with one attached hydrogen (secondary N) is 1. The Morgan fingerprint density at radius 1 is 1.11 bits per heavy atom. The average molecular weight is 606 g/mol. The topological polar surface area (TPSA) is 75.7 Å². The van der Waals surface area contributed by atoms with Gasteiger partial charge in [-0.1, -0.05) is 47.5 Å². The van der Waals surface area contributed by atoms with Crippen molar-refractivity contribution >= 4 is 79.7 Å². The van der Waals surface area contributed by atoms with Crippen molar-refractivity contribution in [2.45, 2.75) is 13.5 Å². The summed E-state index contributed by atoms with van der Waals surface area (Å²) in [7, 11) is 0. The molecule has 0 spiro atoms. The fourth-order valence-electron chi connectivity index (χ4n) is 3.34. The molecule has 0 atom stereocenters. The summed E-state index contributed by atoms with van der Waals surface area (Å²) in [5.41, 5.74) is 2.96. The van der Waals surface area contributed by atoms with E-state index in [4.69, 9.17) is 27.9 Å². The van der Waals surface area contributed by atoms with Gasteiger partial charge in [0.25, 0.3) is 17.1 Å². The second-order valence-corrected chi connectivity index (χ2v) is 10.6. The number of nitrogens with zero attached hydrogens (tertiary/aromatic N) is 1. The second-order valence-electron chi connectivity index (χ2n) is 7.89. The molecule has 0 radical (unpaired) electrons. The molecule has 3 aromatic rings. The Morgan fingerprint density at radius 3 is 2.64 bits per heavy atom. The first-order chi connectivity index (χ1) is 17.2. The number of amides is 3. The molecule has 1 aliphatic heterocycles. The number of thioether (sulfide) groups is 1. The van der Waals surface area contributed by atoms with E-state index in [0.29, 0.717) is 36.4 Å². The van der Waals surface area contributed by atoms with Crippen molar-refractivity contribution in [2.24, 2.45) is 0 Å². The van der Waals surface area contributed by atoms with E-state index in [-0.39, 0.29) is 30.2 Å². The lowest BCUT2D eigenvalue weighted by Crippen LogP contribution is -2.27. The maximum atomic E-state index is 12.8. The van der Waals surface area contributed by atoms with Gasteiger partial charge in [0.1, 0.15) is 5.75 Å². The predicted molar refractivity (Wildman–Crippen MR) is 147 cm³/mol. The van der Waals surface area contributed by atoms with Crippen molar-refractivity contribution in [1.29, 1.82) is 0 Å². The number of carbonyl (C=O) groups is 3. The Bertz CT molecular complexity index is 1400. The third-order valence-corrected chi connectivity index (χ3v) is 7.34. The highest BCUT2D eigenvalue weighted by atomic mass is 79.9. The summed E-state index contributed by atoms with van der Waals surface area (Å²) in [6.07, 6.45) is 1.64. The highest BCUT2D eigenvalue weighted by molar-refractivity contribution is 9.10. The molecule has 0 unspecified atom stereocenters. The maximum absolute atomic E-state index is 12.8. The molecule has 1 aliphatic rings. The molecule has 4 rings (SSSR count). The average Bonchev–Trinajstić information content (AvgIpc) is 3.08. The number of carbonyl (C=O) groups excluding carboxylic acids is 3. The van der Waals surface area contributed by atoms with E-state index in [9.17, 15) is 14.4 Å². The van der Waals surface area contributed by atoms with Gasteiger partial charge in [0.15, 0.2) is 6.61 Å². The molecule has 3 aromatic carbocycles. The largest absolute Gasteiger partial charge is 0.483 e. The van der Waals surface area contributed by atoms with Crippen LogP contribution in [0.5, 0.6) is 5.75 Å². The van der Waals surface area contributed by atoms with Gasteiger partial charge >= 0.3 is 0 Å². The summed E-state index contributed by atoms with van der Waals surface area (Å²) in [6, 6.07) is 17.5. The smallest absolute Gasteiger partial charge is 0.293 e. The van der Waals surface area contributed by atoms with Crippen molar-refractivity contribution in [3.63, 3.8) is 0 Å². The minimum Gasteiger partial charge on any atom is -0.483 e. The van der Waals surface area contributed by atoms with Gasteiger partial charge in [0.2, 0.25) is 0 Å². The Labute approximate surface area is 230 Å². The monoisotopic (exact) mass is 604 g/mol. The summed E-state index contributed by atoms with van der Waals surface area (Å²) in [6.45, 7) is 1.83. The molecule has 10 heteroatoms. The maximum Gasteiger partial charge on any atom is 0.293 e. The van der Waals surface area contributed by atoms with Gasteiger partial charge in [0, 0.05) is 15.7 Å². The van der Waals surface area contributed by atoms with Crippen LogP contribution in [0.4, 0.5) is 10.5 Å². The molecule has 184 valence electrons. The van der Waals surface area contributed by atoms with Gasteiger partial charge in [-0.3, -0.25) is 19.3 Å². The molecule has 36 heavy (non-hydrogen) atoms. The third-order valence-electron chi connectivity index (χ3n) is 5.17. The fraction of sp³-hybridized carbons (Fsp3) is 0.115. The van der Waals surface area contributed by atoms with Gasteiger partial charge in [-0.15, -0.1) is 0 Å². The molecule has 1 fully saturated rings. The van der Waals surface area contributed by atoms with Crippen LogP contribution in [0.15, 0.2) is 70.0 Å². The van der Waals surface area contributed by atoms with Crippen molar-refractivity contribution in [3.8, 4) is 5.75 Å². The van der Waals surface area contributed by atoms with Crippen LogP contribution >= 0.6 is 50.9 Å². The summed E-state index contributed by atoms with van der Waals surface area (Å²) >= 11 is 16.4. The summed E-state index contributed by atoms with van der Waals surface area (Å²) in [5.74, 6) is -0.244. The molecule has 0 bridgehead atoms. The van der Waals surface area contributed by atoms with Crippen LogP contribution in [0.25, 0.3) is 6.08 Å². The van der Waals surface area contributed by atoms with Crippen LogP contribution in [0, 0.1) is 6.92 Å². The molecule has 0 aliphatic carbocycles.